The van der Waals surface area contributed by atoms with E-state index in [4.69, 9.17) is 0 Å². The van der Waals surface area contributed by atoms with E-state index in [-0.39, 0.29) is 5.82 Å². The monoisotopic (exact) mass is 259 g/mol. The van der Waals surface area contributed by atoms with Crippen molar-refractivity contribution in [1.29, 1.82) is 0 Å². The van der Waals surface area contributed by atoms with Crippen molar-refractivity contribution < 1.29 is 4.39 Å². The molecule has 1 aromatic carbocycles. The average molecular weight is 260 g/mol. The maximum absolute atomic E-state index is 12.9. The second kappa shape index (κ2) is 6.14. The highest BCUT2D eigenvalue weighted by molar-refractivity contribution is 9.10. The van der Waals surface area contributed by atoms with Crippen LogP contribution in [0, 0.1) is 5.82 Å². The van der Waals surface area contributed by atoms with Crippen LogP contribution in [0.1, 0.15) is 25.3 Å². The number of hydrogen-bond acceptors (Lipinski definition) is 1. The lowest BCUT2D eigenvalue weighted by molar-refractivity contribution is 0.615. The van der Waals surface area contributed by atoms with Gasteiger partial charge in [0.2, 0.25) is 0 Å². The number of hydrogen-bond donors (Lipinski definition) is 1. The van der Waals surface area contributed by atoms with Crippen LogP contribution in [0.4, 0.5) is 4.39 Å². The Morgan fingerprint density at radius 2 is 2.21 bits per heavy atom. The molecule has 0 aromatic heterocycles. The van der Waals surface area contributed by atoms with Crippen molar-refractivity contribution in [2.75, 3.05) is 6.54 Å². The number of rotatable bonds is 5. The van der Waals surface area contributed by atoms with Crippen LogP contribution in [0.2, 0.25) is 0 Å². The van der Waals surface area contributed by atoms with Crippen LogP contribution in [-0.2, 0) is 6.54 Å². The molecular formula is C11H15BrFN. The van der Waals surface area contributed by atoms with Crippen molar-refractivity contribution >= 4 is 15.9 Å². The fourth-order valence-electron chi connectivity index (χ4n) is 1.18. The Bertz CT molecular complexity index is 289. The summed E-state index contributed by atoms with van der Waals surface area (Å²) in [5.41, 5.74) is 1.11. The molecule has 0 spiro atoms. The predicted molar refractivity (Wildman–Crippen MR) is 60.7 cm³/mol. The van der Waals surface area contributed by atoms with Crippen molar-refractivity contribution in [3.63, 3.8) is 0 Å². The Kier molecular flexibility index (Phi) is 5.12. The first-order chi connectivity index (χ1) is 6.74. The van der Waals surface area contributed by atoms with Crippen LogP contribution in [0.5, 0.6) is 0 Å². The van der Waals surface area contributed by atoms with E-state index >= 15 is 0 Å². The van der Waals surface area contributed by atoms with Crippen LogP contribution in [0.25, 0.3) is 0 Å². The molecule has 0 aliphatic heterocycles. The highest BCUT2D eigenvalue weighted by Gasteiger charge is 1.99. The van der Waals surface area contributed by atoms with Gasteiger partial charge in [0, 0.05) is 6.54 Å². The summed E-state index contributed by atoms with van der Waals surface area (Å²) in [5, 5.41) is 3.31. The van der Waals surface area contributed by atoms with Crippen molar-refractivity contribution in [2.24, 2.45) is 0 Å². The Hall–Kier alpha value is -0.410. The zero-order chi connectivity index (χ0) is 10.4. The molecule has 3 heteroatoms. The minimum Gasteiger partial charge on any atom is -0.313 e. The van der Waals surface area contributed by atoms with Crippen LogP contribution in [0.15, 0.2) is 22.7 Å². The van der Waals surface area contributed by atoms with E-state index in [2.05, 4.69) is 28.2 Å². The first-order valence-electron chi connectivity index (χ1n) is 4.88. The molecule has 0 saturated heterocycles. The Morgan fingerprint density at radius 3 is 2.86 bits per heavy atom. The third kappa shape index (κ3) is 3.76. The van der Waals surface area contributed by atoms with Crippen molar-refractivity contribution in [3.8, 4) is 0 Å². The minimum atomic E-state index is -0.206. The standard InChI is InChI=1S/C11H15BrFN/c1-2-3-6-14-8-9-4-5-11(13)10(12)7-9/h4-5,7,14H,2-3,6,8H2,1H3. The van der Waals surface area contributed by atoms with Gasteiger partial charge < -0.3 is 5.32 Å². The maximum atomic E-state index is 12.9. The highest BCUT2D eigenvalue weighted by atomic mass is 79.9. The molecule has 78 valence electrons. The third-order valence-corrected chi connectivity index (χ3v) is 2.63. The normalized spacial score (nSPS) is 10.5. The van der Waals surface area contributed by atoms with Gasteiger partial charge >= 0.3 is 0 Å². The van der Waals surface area contributed by atoms with Gasteiger partial charge in [-0.05, 0) is 46.6 Å². The largest absolute Gasteiger partial charge is 0.313 e. The zero-order valence-electron chi connectivity index (χ0n) is 8.32. The van der Waals surface area contributed by atoms with Gasteiger partial charge in [0.1, 0.15) is 5.82 Å². The molecule has 0 radical (unpaired) electrons. The molecular weight excluding hydrogens is 245 g/mol. The van der Waals surface area contributed by atoms with Crippen LogP contribution in [0.3, 0.4) is 0 Å². The molecule has 0 heterocycles. The highest BCUT2D eigenvalue weighted by Crippen LogP contribution is 2.16. The first-order valence-corrected chi connectivity index (χ1v) is 5.68. The second-order valence-electron chi connectivity index (χ2n) is 3.28. The molecule has 0 amide bonds. The molecule has 0 saturated carbocycles. The lowest BCUT2D eigenvalue weighted by Crippen LogP contribution is -2.14. The third-order valence-electron chi connectivity index (χ3n) is 2.02. The van der Waals surface area contributed by atoms with Crippen molar-refractivity contribution in [2.45, 2.75) is 26.3 Å². The van der Waals surface area contributed by atoms with E-state index < -0.39 is 0 Å². The maximum Gasteiger partial charge on any atom is 0.137 e. The summed E-state index contributed by atoms with van der Waals surface area (Å²) in [6.07, 6.45) is 2.38. The molecule has 1 nitrogen and oxygen atoms in total. The Morgan fingerprint density at radius 1 is 1.43 bits per heavy atom. The summed E-state index contributed by atoms with van der Waals surface area (Å²) < 4.78 is 13.4. The number of halogens is 2. The summed E-state index contributed by atoms with van der Waals surface area (Å²) in [7, 11) is 0. The molecule has 14 heavy (non-hydrogen) atoms. The molecule has 1 N–H and O–H groups in total. The lowest BCUT2D eigenvalue weighted by atomic mass is 10.2. The van der Waals surface area contributed by atoms with Gasteiger partial charge in [0.15, 0.2) is 0 Å². The van der Waals surface area contributed by atoms with E-state index in [1.807, 2.05) is 6.07 Å². The van der Waals surface area contributed by atoms with E-state index in [9.17, 15) is 4.39 Å². The first kappa shape index (κ1) is 11.7. The topological polar surface area (TPSA) is 12.0 Å². The summed E-state index contributed by atoms with van der Waals surface area (Å²) >= 11 is 3.17. The molecule has 0 aliphatic carbocycles. The zero-order valence-corrected chi connectivity index (χ0v) is 9.90. The van der Waals surface area contributed by atoms with Crippen LogP contribution in [-0.4, -0.2) is 6.54 Å². The number of unbranched alkanes of at least 4 members (excludes halogenated alkanes) is 1. The van der Waals surface area contributed by atoms with E-state index in [0.29, 0.717) is 4.47 Å². The molecule has 0 atom stereocenters. The smallest absolute Gasteiger partial charge is 0.137 e. The summed E-state index contributed by atoms with van der Waals surface area (Å²) in [5.74, 6) is -0.206. The van der Waals surface area contributed by atoms with Gasteiger partial charge in [0.25, 0.3) is 0 Å². The molecule has 0 fully saturated rings. The van der Waals surface area contributed by atoms with E-state index in [0.717, 1.165) is 18.7 Å². The predicted octanol–water partition coefficient (Wildman–Crippen LogP) is 3.48. The van der Waals surface area contributed by atoms with E-state index in [1.54, 1.807) is 6.07 Å². The summed E-state index contributed by atoms with van der Waals surface area (Å²) in [4.78, 5) is 0. The number of nitrogens with one attached hydrogen (secondary N) is 1. The fourth-order valence-corrected chi connectivity index (χ4v) is 1.61. The fraction of sp³-hybridized carbons (Fsp3) is 0.455. The second-order valence-corrected chi connectivity index (χ2v) is 4.13. The Balaban J connectivity index is 2.39. The quantitative estimate of drug-likeness (QED) is 0.799. The minimum absolute atomic E-state index is 0.206. The summed E-state index contributed by atoms with van der Waals surface area (Å²) in [6.45, 7) is 3.99. The molecule has 0 unspecified atom stereocenters. The van der Waals surface area contributed by atoms with Gasteiger partial charge in [-0.15, -0.1) is 0 Å². The van der Waals surface area contributed by atoms with Gasteiger partial charge in [-0.3, -0.25) is 0 Å². The van der Waals surface area contributed by atoms with Crippen molar-refractivity contribution in [1.82, 2.24) is 5.32 Å². The molecule has 0 aliphatic rings. The van der Waals surface area contributed by atoms with Crippen molar-refractivity contribution in [3.05, 3.63) is 34.1 Å². The Labute approximate surface area is 92.8 Å². The molecule has 0 bridgehead atoms. The van der Waals surface area contributed by atoms with Gasteiger partial charge in [-0.25, -0.2) is 4.39 Å². The van der Waals surface area contributed by atoms with E-state index in [1.165, 1.54) is 18.9 Å². The van der Waals surface area contributed by atoms with Gasteiger partial charge in [-0.1, -0.05) is 19.4 Å². The average Bonchev–Trinajstić information content (AvgIpc) is 2.18. The molecule has 1 aromatic rings. The lowest BCUT2D eigenvalue weighted by Gasteiger charge is -2.04. The molecule has 1 rings (SSSR count). The van der Waals surface area contributed by atoms with Gasteiger partial charge in [-0.2, -0.15) is 0 Å². The van der Waals surface area contributed by atoms with Gasteiger partial charge in [0.05, 0.1) is 4.47 Å². The van der Waals surface area contributed by atoms with Crippen LogP contribution >= 0.6 is 15.9 Å². The SMILES string of the molecule is CCCCNCc1ccc(F)c(Br)c1. The summed E-state index contributed by atoms with van der Waals surface area (Å²) in [6, 6.07) is 5.11. The van der Waals surface area contributed by atoms with Crippen LogP contribution < -0.4 is 5.32 Å². The number of benzene rings is 1.